The minimum absolute atomic E-state index is 0. The molecule has 3 rings (SSSR count). The van der Waals surface area contributed by atoms with Crippen LogP contribution in [0.3, 0.4) is 0 Å². The summed E-state index contributed by atoms with van der Waals surface area (Å²) in [6.07, 6.45) is 9.85. The molecule has 2 aliphatic rings. The molecule has 1 atom stereocenters. The molecule has 1 saturated carbocycles. The highest BCUT2D eigenvalue weighted by Gasteiger charge is 2.36. The number of piperidine rings is 1. The van der Waals surface area contributed by atoms with Crippen LogP contribution in [0.4, 0.5) is 0 Å². The van der Waals surface area contributed by atoms with Gasteiger partial charge in [-0.25, -0.2) is 8.42 Å². The van der Waals surface area contributed by atoms with E-state index in [0.717, 1.165) is 50.9 Å². The molecular weight excluding hydrogens is 448 g/mol. The van der Waals surface area contributed by atoms with Crippen LogP contribution in [0.25, 0.3) is 0 Å². The van der Waals surface area contributed by atoms with Gasteiger partial charge in [0.1, 0.15) is 10.6 Å². The number of nitrogens with one attached hydrogen (secondary N) is 1. The number of benzene rings is 1. The smallest absolute Gasteiger partial charge is 0.247 e. The Kier molecular flexibility index (Phi) is 12.0. The summed E-state index contributed by atoms with van der Waals surface area (Å²) in [4.78, 5) is 12.8. The number of sulfonamides is 1. The molecule has 1 unspecified atom stereocenters. The van der Waals surface area contributed by atoms with E-state index < -0.39 is 10.0 Å². The van der Waals surface area contributed by atoms with Crippen LogP contribution in [0.15, 0.2) is 23.1 Å². The molecule has 1 amide bonds. The second kappa shape index (κ2) is 13.4. The van der Waals surface area contributed by atoms with Crippen LogP contribution >= 0.6 is 11.6 Å². The van der Waals surface area contributed by atoms with E-state index >= 15 is 0 Å². The number of nitrogens with zero attached hydrogens (tertiary/aromatic N) is 1. The molecule has 6 nitrogen and oxygen atoms in total. The summed E-state index contributed by atoms with van der Waals surface area (Å²) in [5.74, 6) is 1.22. The SMILES string of the molecule is COc1ccc(Cl)cc1S(=O)(=O)N1CCCCC1CNC(=O)[C]1CCCCCCC1.[CH2].[CH2]. The summed E-state index contributed by atoms with van der Waals surface area (Å²) in [5, 5.41) is 3.37. The fraction of sp³-hybridized carbons (Fsp3) is 0.583. The topological polar surface area (TPSA) is 75.7 Å². The maximum atomic E-state index is 13.4. The third-order valence-corrected chi connectivity index (χ3v) is 8.27. The van der Waals surface area contributed by atoms with Crippen molar-refractivity contribution in [1.29, 1.82) is 0 Å². The molecule has 179 valence electrons. The largest absolute Gasteiger partial charge is 0.495 e. The van der Waals surface area contributed by atoms with Crippen molar-refractivity contribution in [2.45, 2.75) is 75.1 Å². The molecule has 1 N–H and O–H groups in total. The first-order valence-corrected chi connectivity index (χ1v) is 12.7. The van der Waals surface area contributed by atoms with Crippen LogP contribution in [-0.4, -0.2) is 44.9 Å². The van der Waals surface area contributed by atoms with Gasteiger partial charge in [0.05, 0.1) is 13.0 Å². The molecule has 8 heteroatoms. The third kappa shape index (κ3) is 7.09. The Morgan fingerprint density at radius 2 is 1.75 bits per heavy atom. The first-order valence-electron chi connectivity index (χ1n) is 10.9. The third-order valence-electron chi connectivity index (χ3n) is 6.06. The number of amides is 1. The van der Waals surface area contributed by atoms with Crippen molar-refractivity contribution in [1.82, 2.24) is 9.62 Å². The fourth-order valence-corrected chi connectivity index (χ4v) is 6.48. The molecule has 0 bridgehead atoms. The predicted molar refractivity (Wildman–Crippen MR) is 129 cm³/mol. The molecule has 1 aromatic rings. The van der Waals surface area contributed by atoms with Gasteiger partial charge in [0.15, 0.2) is 0 Å². The van der Waals surface area contributed by atoms with E-state index in [-0.39, 0.29) is 37.4 Å². The van der Waals surface area contributed by atoms with Crippen LogP contribution in [0, 0.1) is 20.8 Å². The Labute approximate surface area is 200 Å². The summed E-state index contributed by atoms with van der Waals surface area (Å²) in [5.41, 5.74) is 0. The van der Waals surface area contributed by atoms with Crippen LogP contribution in [0.2, 0.25) is 5.02 Å². The van der Waals surface area contributed by atoms with Crippen molar-refractivity contribution in [2.75, 3.05) is 20.2 Å². The fourth-order valence-electron chi connectivity index (χ4n) is 4.37. The standard InChI is InChI=1S/C22H32ClN2O4S.2CH2/c1-29-20-13-12-18(23)15-21(20)30(27,28)25-14-8-7-11-19(25)16-24-22(26)17-9-5-3-2-4-6-10-17;;/h12-13,15,19H,2-11,14,16H2,1H3,(H,24,26);2*1H2. The average molecular weight is 484 g/mol. The summed E-state index contributed by atoms with van der Waals surface area (Å²) in [6, 6.07) is 4.34. The average Bonchev–Trinajstić information content (AvgIpc) is 2.72. The minimum Gasteiger partial charge on any atom is -0.495 e. The minimum atomic E-state index is -3.79. The van der Waals surface area contributed by atoms with Gasteiger partial charge in [-0.05, 0) is 43.9 Å². The van der Waals surface area contributed by atoms with Gasteiger partial charge < -0.3 is 10.1 Å². The number of carbonyl (C=O) groups is 1. The number of methoxy groups -OCH3 is 1. The van der Waals surface area contributed by atoms with Gasteiger partial charge in [-0.2, -0.15) is 4.31 Å². The molecule has 0 aromatic heterocycles. The molecule has 0 spiro atoms. The Balaban J connectivity index is 0.00000256. The van der Waals surface area contributed by atoms with Crippen molar-refractivity contribution in [3.63, 3.8) is 0 Å². The van der Waals surface area contributed by atoms with E-state index in [0.29, 0.717) is 18.1 Å². The number of halogens is 1. The normalized spacial score (nSPS) is 20.8. The van der Waals surface area contributed by atoms with E-state index in [1.807, 2.05) is 0 Å². The quantitative estimate of drug-likeness (QED) is 0.619. The van der Waals surface area contributed by atoms with Crippen molar-refractivity contribution >= 4 is 27.5 Å². The molecule has 32 heavy (non-hydrogen) atoms. The van der Waals surface area contributed by atoms with Crippen LogP contribution in [0.5, 0.6) is 5.75 Å². The molecule has 2 fully saturated rings. The van der Waals surface area contributed by atoms with Crippen molar-refractivity contribution < 1.29 is 17.9 Å². The predicted octanol–water partition coefficient (Wildman–Crippen LogP) is 4.98. The maximum Gasteiger partial charge on any atom is 0.247 e. The maximum absolute atomic E-state index is 13.4. The van der Waals surface area contributed by atoms with E-state index in [1.165, 1.54) is 36.7 Å². The van der Waals surface area contributed by atoms with Gasteiger partial charge in [0, 0.05) is 24.2 Å². The summed E-state index contributed by atoms with van der Waals surface area (Å²) in [7, 11) is -2.35. The molecule has 1 heterocycles. The van der Waals surface area contributed by atoms with Gasteiger partial charge in [0.25, 0.3) is 0 Å². The monoisotopic (exact) mass is 483 g/mol. The summed E-state index contributed by atoms with van der Waals surface area (Å²) in [6.45, 7) is 0.750. The molecule has 1 aromatic carbocycles. The van der Waals surface area contributed by atoms with Gasteiger partial charge in [-0.1, -0.05) is 65.0 Å². The Hall–Kier alpha value is -1.31. The van der Waals surface area contributed by atoms with Crippen LogP contribution < -0.4 is 10.1 Å². The van der Waals surface area contributed by atoms with Crippen LogP contribution in [-0.2, 0) is 14.8 Å². The second-order valence-electron chi connectivity index (χ2n) is 8.14. The number of rotatable bonds is 6. The number of carbonyl (C=O) groups excluding carboxylic acids is 1. The highest BCUT2D eigenvalue weighted by atomic mass is 35.5. The van der Waals surface area contributed by atoms with Crippen molar-refractivity contribution in [3.8, 4) is 5.75 Å². The lowest BCUT2D eigenvalue weighted by atomic mass is 9.90. The highest BCUT2D eigenvalue weighted by Crippen LogP contribution is 2.33. The number of ether oxygens (including phenoxy) is 1. The van der Waals surface area contributed by atoms with E-state index in [1.54, 1.807) is 12.1 Å². The summed E-state index contributed by atoms with van der Waals surface area (Å²) >= 11 is 6.07. The van der Waals surface area contributed by atoms with Gasteiger partial charge in [-0.3, -0.25) is 4.79 Å². The lowest BCUT2D eigenvalue weighted by Gasteiger charge is -2.35. The zero-order chi connectivity index (χ0) is 21.6. The molecule has 1 aliphatic carbocycles. The number of hydrogen-bond acceptors (Lipinski definition) is 4. The Morgan fingerprint density at radius 3 is 2.41 bits per heavy atom. The highest BCUT2D eigenvalue weighted by molar-refractivity contribution is 7.89. The van der Waals surface area contributed by atoms with Crippen LogP contribution in [0.1, 0.15) is 64.2 Å². The van der Waals surface area contributed by atoms with E-state index in [4.69, 9.17) is 16.3 Å². The summed E-state index contributed by atoms with van der Waals surface area (Å²) < 4.78 is 33.6. The van der Waals surface area contributed by atoms with Gasteiger partial charge >= 0.3 is 0 Å². The van der Waals surface area contributed by atoms with Crippen molar-refractivity contribution in [3.05, 3.63) is 44.0 Å². The van der Waals surface area contributed by atoms with Crippen molar-refractivity contribution in [2.24, 2.45) is 0 Å². The molecule has 1 aliphatic heterocycles. The van der Waals surface area contributed by atoms with Gasteiger partial charge in [0.2, 0.25) is 15.9 Å². The number of hydrogen-bond donors (Lipinski definition) is 1. The first-order chi connectivity index (χ1) is 14.4. The molecular formula is C24H36ClN2O4S. The second-order valence-corrected chi connectivity index (χ2v) is 10.4. The van der Waals surface area contributed by atoms with E-state index in [9.17, 15) is 13.2 Å². The Bertz CT molecular complexity index is 823. The Morgan fingerprint density at radius 1 is 1.09 bits per heavy atom. The zero-order valence-electron chi connectivity index (χ0n) is 19.1. The van der Waals surface area contributed by atoms with E-state index in [2.05, 4.69) is 5.32 Å². The first kappa shape index (κ1) is 28.7. The lowest BCUT2D eigenvalue weighted by Crippen LogP contribution is -2.49. The molecule has 5 radical (unpaired) electrons. The zero-order valence-corrected chi connectivity index (χ0v) is 20.6. The lowest BCUT2D eigenvalue weighted by molar-refractivity contribution is -0.120. The van der Waals surface area contributed by atoms with Gasteiger partial charge in [-0.15, -0.1) is 0 Å². The molecule has 1 saturated heterocycles.